The summed E-state index contributed by atoms with van der Waals surface area (Å²) < 4.78 is 0.773. The van der Waals surface area contributed by atoms with E-state index in [4.69, 9.17) is 5.11 Å². The molecule has 14 heavy (non-hydrogen) atoms. The average Bonchev–Trinajstić information content (AvgIpc) is 2.17. The third-order valence-corrected chi connectivity index (χ3v) is 2.71. The number of aryl methyl sites for hydroxylation is 2. The molecule has 1 N–H and O–H groups in total. The van der Waals surface area contributed by atoms with Gasteiger partial charge in [0, 0.05) is 4.47 Å². The fourth-order valence-corrected chi connectivity index (χ4v) is 1.87. The predicted molar refractivity (Wildman–Crippen MR) is 57.7 cm³/mol. The number of carboxylic acid groups (broad SMARTS) is 1. The summed E-state index contributed by atoms with van der Waals surface area (Å²) in [6.07, 6.45) is 1.44. The number of carboxylic acids is 1. The molecule has 0 atom stereocenters. The zero-order valence-corrected chi connectivity index (χ0v) is 9.76. The monoisotopic (exact) mass is 257 g/mol. The SMILES string of the molecule is CCc1nc(CC)c(C(=O)O)cc1Br. The van der Waals surface area contributed by atoms with Crippen molar-refractivity contribution in [3.05, 3.63) is 27.5 Å². The van der Waals surface area contributed by atoms with Crippen molar-refractivity contribution in [2.75, 3.05) is 0 Å². The van der Waals surface area contributed by atoms with E-state index in [0.717, 1.165) is 16.6 Å². The van der Waals surface area contributed by atoms with Crippen LogP contribution in [-0.4, -0.2) is 16.1 Å². The van der Waals surface area contributed by atoms with Crippen LogP contribution in [0.15, 0.2) is 10.5 Å². The van der Waals surface area contributed by atoms with E-state index in [2.05, 4.69) is 20.9 Å². The quantitative estimate of drug-likeness (QED) is 0.906. The van der Waals surface area contributed by atoms with Gasteiger partial charge < -0.3 is 5.11 Å². The second kappa shape index (κ2) is 4.55. The highest BCUT2D eigenvalue weighted by atomic mass is 79.9. The molecule has 0 aromatic carbocycles. The Bertz CT molecular complexity index is 363. The van der Waals surface area contributed by atoms with Crippen LogP contribution < -0.4 is 0 Å². The molecule has 1 aromatic heterocycles. The molecule has 0 saturated heterocycles. The Morgan fingerprint density at radius 2 is 2.00 bits per heavy atom. The smallest absolute Gasteiger partial charge is 0.337 e. The van der Waals surface area contributed by atoms with E-state index in [0.29, 0.717) is 12.1 Å². The van der Waals surface area contributed by atoms with Crippen molar-refractivity contribution in [1.82, 2.24) is 4.98 Å². The van der Waals surface area contributed by atoms with Crippen LogP contribution in [0.25, 0.3) is 0 Å². The lowest BCUT2D eigenvalue weighted by molar-refractivity contribution is 0.0695. The summed E-state index contributed by atoms with van der Waals surface area (Å²) >= 11 is 3.31. The van der Waals surface area contributed by atoms with Gasteiger partial charge in [-0.1, -0.05) is 13.8 Å². The molecule has 0 amide bonds. The largest absolute Gasteiger partial charge is 0.478 e. The number of hydrogen-bond acceptors (Lipinski definition) is 2. The molecule has 0 spiro atoms. The number of pyridine rings is 1. The molecule has 0 aliphatic carbocycles. The molecule has 0 aliphatic heterocycles. The third kappa shape index (κ3) is 2.12. The maximum atomic E-state index is 10.9. The van der Waals surface area contributed by atoms with Crippen LogP contribution in [0.3, 0.4) is 0 Å². The van der Waals surface area contributed by atoms with E-state index in [1.807, 2.05) is 13.8 Å². The van der Waals surface area contributed by atoms with Crippen molar-refractivity contribution >= 4 is 21.9 Å². The van der Waals surface area contributed by atoms with Gasteiger partial charge in [0.05, 0.1) is 17.0 Å². The van der Waals surface area contributed by atoms with Gasteiger partial charge in [-0.3, -0.25) is 4.98 Å². The third-order valence-electron chi connectivity index (χ3n) is 2.03. The zero-order valence-electron chi connectivity index (χ0n) is 8.17. The number of carbonyl (C=O) groups is 1. The standard InChI is InChI=1S/C10H12BrNO2/c1-3-8-6(10(13)14)5-7(11)9(4-2)12-8/h5H,3-4H2,1-2H3,(H,13,14). The summed E-state index contributed by atoms with van der Waals surface area (Å²) in [5.74, 6) is -0.919. The number of hydrogen-bond donors (Lipinski definition) is 1. The van der Waals surface area contributed by atoms with Gasteiger partial charge >= 0.3 is 5.97 Å². The lowest BCUT2D eigenvalue weighted by Gasteiger charge is -2.07. The molecule has 0 radical (unpaired) electrons. The van der Waals surface area contributed by atoms with E-state index in [1.165, 1.54) is 0 Å². The minimum atomic E-state index is -0.919. The van der Waals surface area contributed by atoms with Gasteiger partial charge in [0.2, 0.25) is 0 Å². The molecule has 76 valence electrons. The van der Waals surface area contributed by atoms with Crippen molar-refractivity contribution in [1.29, 1.82) is 0 Å². The molecule has 1 aromatic rings. The first-order chi connectivity index (χ1) is 6.60. The Balaban J connectivity index is 3.31. The first-order valence-electron chi connectivity index (χ1n) is 4.51. The predicted octanol–water partition coefficient (Wildman–Crippen LogP) is 2.67. The number of rotatable bonds is 3. The highest BCUT2D eigenvalue weighted by Crippen LogP contribution is 2.20. The molecule has 0 fully saturated rings. The van der Waals surface area contributed by atoms with Gasteiger partial charge in [-0.25, -0.2) is 4.79 Å². The number of aromatic nitrogens is 1. The van der Waals surface area contributed by atoms with Gasteiger partial charge in [0.1, 0.15) is 0 Å². The number of aromatic carboxylic acids is 1. The van der Waals surface area contributed by atoms with E-state index in [1.54, 1.807) is 6.07 Å². The summed E-state index contributed by atoms with van der Waals surface area (Å²) in [4.78, 5) is 15.2. The molecule has 3 nitrogen and oxygen atoms in total. The van der Waals surface area contributed by atoms with E-state index >= 15 is 0 Å². The summed E-state index contributed by atoms with van der Waals surface area (Å²) in [6, 6.07) is 1.63. The van der Waals surface area contributed by atoms with Crippen LogP contribution >= 0.6 is 15.9 Å². The zero-order chi connectivity index (χ0) is 10.7. The van der Waals surface area contributed by atoms with Gasteiger partial charge in [-0.05, 0) is 34.8 Å². The normalized spacial score (nSPS) is 10.2. The second-order valence-corrected chi connectivity index (χ2v) is 3.78. The van der Waals surface area contributed by atoms with Crippen LogP contribution in [0, 0.1) is 0 Å². The van der Waals surface area contributed by atoms with Crippen LogP contribution in [0.5, 0.6) is 0 Å². The summed E-state index contributed by atoms with van der Waals surface area (Å²) in [6.45, 7) is 3.90. The molecule has 0 unspecified atom stereocenters. The molecule has 1 heterocycles. The first kappa shape index (κ1) is 11.2. The highest BCUT2D eigenvalue weighted by Gasteiger charge is 2.13. The maximum Gasteiger partial charge on any atom is 0.337 e. The van der Waals surface area contributed by atoms with Crippen molar-refractivity contribution < 1.29 is 9.90 Å². The fraction of sp³-hybridized carbons (Fsp3) is 0.400. The fourth-order valence-electron chi connectivity index (χ4n) is 1.27. The summed E-state index contributed by atoms with van der Waals surface area (Å²) in [5.41, 5.74) is 1.85. The van der Waals surface area contributed by atoms with Crippen LogP contribution in [0.1, 0.15) is 35.6 Å². The summed E-state index contributed by atoms with van der Waals surface area (Å²) in [5, 5.41) is 8.92. The topological polar surface area (TPSA) is 50.2 Å². The van der Waals surface area contributed by atoms with Gasteiger partial charge in [0.15, 0.2) is 0 Å². The van der Waals surface area contributed by atoms with Gasteiger partial charge in [-0.2, -0.15) is 0 Å². The van der Waals surface area contributed by atoms with E-state index in [9.17, 15) is 4.79 Å². The molecule has 0 aliphatic rings. The van der Waals surface area contributed by atoms with Crippen molar-refractivity contribution in [3.8, 4) is 0 Å². The van der Waals surface area contributed by atoms with Gasteiger partial charge in [0.25, 0.3) is 0 Å². The molecule has 1 rings (SSSR count). The van der Waals surface area contributed by atoms with Gasteiger partial charge in [-0.15, -0.1) is 0 Å². The number of nitrogens with zero attached hydrogens (tertiary/aromatic N) is 1. The minimum Gasteiger partial charge on any atom is -0.478 e. The molecule has 0 saturated carbocycles. The lowest BCUT2D eigenvalue weighted by atomic mass is 10.1. The Morgan fingerprint density at radius 3 is 2.43 bits per heavy atom. The van der Waals surface area contributed by atoms with Crippen molar-refractivity contribution in [2.45, 2.75) is 26.7 Å². The van der Waals surface area contributed by atoms with Crippen LogP contribution in [-0.2, 0) is 12.8 Å². The molecule has 4 heteroatoms. The second-order valence-electron chi connectivity index (χ2n) is 2.92. The van der Waals surface area contributed by atoms with Crippen molar-refractivity contribution in [3.63, 3.8) is 0 Å². The average molecular weight is 258 g/mol. The number of halogens is 1. The Kier molecular flexibility index (Phi) is 3.63. The van der Waals surface area contributed by atoms with Crippen molar-refractivity contribution in [2.24, 2.45) is 0 Å². The Hall–Kier alpha value is -0.900. The van der Waals surface area contributed by atoms with E-state index in [-0.39, 0.29) is 5.56 Å². The highest BCUT2D eigenvalue weighted by molar-refractivity contribution is 9.10. The minimum absolute atomic E-state index is 0.288. The Morgan fingerprint density at radius 1 is 1.43 bits per heavy atom. The summed E-state index contributed by atoms with van der Waals surface area (Å²) in [7, 11) is 0. The lowest BCUT2D eigenvalue weighted by Crippen LogP contribution is -2.06. The molecular weight excluding hydrogens is 246 g/mol. The first-order valence-corrected chi connectivity index (χ1v) is 5.31. The molecular formula is C10H12BrNO2. The Labute approximate surface area is 91.3 Å². The van der Waals surface area contributed by atoms with Crippen LogP contribution in [0.2, 0.25) is 0 Å². The van der Waals surface area contributed by atoms with Crippen LogP contribution in [0.4, 0.5) is 0 Å². The van der Waals surface area contributed by atoms with E-state index < -0.39 is 5.97 Å². The maximum absolute atomic E-state index is 10.9. The molecule has 0 bridgehead atoms.